The molecule has 0 amide bonds. The highest BCUT2D eigenvalue weighted by Gasteiger charge is 2.20. The van der Waals surface area contributed by atoms with Gasteiger partial charge in [-0.05, 0) is 25.7 Å². The van der Waals surface area contributed by atoms with E-state index in [1.807, 2.05) is 0 Å². The molecule has 21 heavy (non-hydrogen) atoms. The fourth-order valence-electron chi connectivity index (χ4n) is 3.68. The molecule has 0 atom stereocenters. The first kappa shape index (κ1) is 13.0. The summed E-state index contributed by atoms with van der Waals surface area (Å²) in [5.74, 6) is 2.13. The van der Waals surface area contributed by atoms with Crippen LogP contribution < -0.4 is 5.32 Å². The second-order valence-corrected chi connectivity index (χ2v) is 6.36. The first-order valence-corrected chi connectivity index (χ1v) is 8.38. The fraction of sp³-hybridized carbons (Fsp3) is 0.688. The number of nitrogens with zero attached hydrogens (tertiary/aromatic N) is 4. The van der Waals surface area contributed by atoms with Crippen molar-refractivity contribution in [2.45, 2.75) is 70.4 Å². The maximum absolute atomic E-state index is 4.85. The summed E-state index contributed by atoms with van der Waals surface area (Å²) in [5, 5.41) is 3.62. The lowest BCUT2D eigenvalue weighted by molar-refractivity contribution is 0.462. The molecule has 2 aliphatic rings. The summed E-state index contributed by atoms with van der Waals surface area (Å²) in [6.45, 7) is 1.05. The van der Waals surface area contributed by atoms with Gasteiger partial charge >= 0.3 is 0 Å². The van der Waals surface area contributed by atoms with Crippen molar-refractivity contribution >= 4 is 17.0 Å². The quantitative estimate of drug-likeness (QED) is 0.920. The number of aromatic nitrogens is 4. The molecule has 2 aromatic heterocycles. The van der Waals surface area contributed by atoms with Crippen molar-refractivity contribution in [1.29, 1.82) is 0 Å². The van der Waals surface area contributed by atoms with Crippen LogP contribution in [0.4, 0.5) is 5.82 Å². The molecule has 1 saturated carbocycles. The average molecular weight is 285 g/mol. The molecule has 0 unspecified atom stereocenters. The van der Waals surface area contributed by atoms with Crippen LogP contribution in [0.25, 0.3) is 11.2 Å². The lowest BCUT2D eigenvalue weighted by Gasteiger charge is -2.23. The summed E-state index contributed by atoms with van der Waals surface area (Å²) >= 11 is 0. The zero-order chi connectivity index (χ0) is 14.1. The van der Waals surface area contributed by atoms with Gasteiger partial charge in [0.25, 0.3) is 0 Å². The molecular weight excluding hydrogens is 262 g/mol. The number of hydrogen-bond acceptors (Lipinski definition) is 4. The Labute approximate surface area is 125 Å². The lowest BCUT2D eigenvalue weighted by atomic mass is 9.95. The predicted octanol–water partition coefficient (Wildman–Crippen LogP) is 3.30. The Balaban J connectivity index is 1.69. The Morgan fingerprint density at radius 3 is 2.76 bits per heavy atom. The number of fused-ring (bicyclic) bond motifs is 3. The van der Waals surface area contributed by atoms with Gasteiger partial charge in [-0.15, -0.1) is 0 Å². The van der Waals surface area contributed by atoms with Gasteiger partial charge in [-0.2, -0.15) is 0 Å². The van der Waals surface area contributed by atoms with E-state index in [1.54, 1.807) is 6.33 Å². The van der Waals surface area contributed by atoms with Crippen LogP contribution in [-0.2, 0) is 13.0 Å². The van der Waals surface area contributed by atoms with Crippen LogP contribution in [0.3, 0.4) is 0 Å². The van der Waals surface area contributed by atoms with Gasteiger partial charge < -0.3 is 9.88 Å². The number of anilines is 1. The van der Waals surface area contributed by atoms with Gasteiger partial charge in [-0.25, -0.2) is 15.0 Å². The Bertz CT molecular complexity index is 627. The first-order valence-electron chi connectivity index (χ1n) is 8.38. The number of aryl methyl sites for hydroxylation is 2. The molecule has 1 aliphatic heterocycles. The van der Waals surface area contributed by atoms with Gasteiger partial charge in [-0.3, -0.25) is 0 Å². The smallest absolute Gasteiger partial charge is 0.165 e. The third-order valence-corrected chi connectivity index (χ3v) is 4.84. The third kappa shape index (κ3) is 2.49. The van der Waals surface area contributed by atoms with Crippen molar-refractivity contribution in [3.05, 3.63) is 12.2 Å². The fourth-order valence-corrected chi connectivity index (χ4v) is 3.68. The molecule has 1 N–H and O–H groups in total. The van der Waals surface area contributed by atoms with E-state index in [0.29, 0.717) is 6.04 Å². The molecule has 112 valence electrons. The van der Waals surface area contributed by atoms with Crippen molar-refractivity contribution in [2.24, 2.45) is 0 Å². The van der Waals surface area contributed by atoms with E-state index in [9.17, 15) is 0 Å². The Kier molecular flexibility index (Phi) is 3.49. The molecular formula is C16H23N5. The van der Waals surface area contributed by atoms with E-state index < -0.39 is 0 Å². The largest absolute Gasteiger partial charge is 0.365 e. The van der Waals surface area contributed by atoms with Crippen LogP contribution in [0.5, 0.6) is 0 Å². The van der Waals surface area contributed by atoms with Crippen LogP contribution in [0, 0.1) is 0 Å². The lowest BCUT2D eigenvalue weighted by Crippen LogP contribution is -2.23. The summed E-state index contributed by atoms with van der Waals surface area (Å²) in [4.78, 5) is 13.8. The second-order valence-electron chi connectivity index (χ2n) is 6.36. The summed E-state index contributed by atoms with van der Waals surface area (Å²) < 4.78 is 2.30. The molecule has 1 fully saturated rings. The molecule has 5 nitrogen and oxygen atoms in total. The van der Waals surface area contributed by atoms with Crippen LogP contribution in [0.1, 0.15) is 57.2 Å². The molecule has 5 heteroatoms. The Hall–Kier alpha value is -1.65. The van der Waals surface area contributed by atoms with E-state index in [-0.39, 0.29) is 0 Å². The Morgan fingerprint density at radius 1 is 1.00 bits per heavy atom. The second kappa shape index (κ2) is 5.62. The van der Waals surface area contributed by atoms with E-state index in [0.717, 1.165) is 29.9 Å². The van der Waals surface area contributed by atoms with E-state index in [4.69, 9.17) is 4.98 Å². The maximum atomic E-state index is 4.85. The van der Waals surface area contributed by atoms with Gasteiger partial charge in [0.1, 0.15) is 12.2 Å². The minimum atomic E-state index is 0.554. The molecule has 0 saturated heterocycles. The van der Waals surface area contributed by atoms with E-state index >= 15 is 0 Å². The zero-order valence-electron chi connectivity index (χ0n) is 12.5. The van der Waals surface area contributed by atoms with Crippen molar-refractivity contribution in [1.82, 2.24) is 19.5 Å². The highest BCUT2D eigenvalue weighted by Crippen LogP contribution is 2.27. The van der Waals surface area contributed by atoms with Crippen LogP contribution in [0.15, 0.2) is 6.33 Å². The normalized spacial score (nSPS) is 20.2. The summed E-state index contributed by atoms with van der Waals surface area (Å²) in [5.41, 5.74) is 1.99. The summed E-state index contributed by atoms with van der Waals surface area (Å²) in [7, 11) is 0. The van der Waals surface area contributed by atoms with Gasteiger partial charge in [0.2, 0.25) is 0 Å². The van der Waals surface area contributed by atoms with Crippen LogP contribution in [-0.4, -0.2) is 25.6 Å². The van der Waals surface area contributed by atoms with E-state index in [1.165, 1.54) is 57.2 Å². The topological polar surface area (TPSA) is 55.6 Å². The Morgan fingerprint density at radius 2 is 1.86 bits per heavy atom. The summed E-state index contributed by atoms with van der Waals surface area (Å²) in [6, 6.07) is 0.554. The molecule has 0 radical (unpaired) electrons. The maximum Gasteiger partial charge on any atom is 0.165 e. The van der Waals surface area contributed by atoms with Gasteiger partial charge in [0.05, 0.1) is 0 Å². The molecule has 3 heterocycles. The van der Waals surface area contributed by atoms with E-state index in [2.05, 4.69) is 19.9 Å². The summed E-state index contributed by atoms with van der Waals surface area (Å²) in [6.07, 6.45) is 13.0. The monoisotopic (exact) mass is 285 g/mol. The van der Waals surface area contributed by atoms with Crippen LogP contribution >= 0.6 is 0 Å². The average Bonchev–Trinajstić information content (AvgIpc) is 2.72. The molecule has 0 spiro atoms. The standard InChI is InChI=1S/C16H23N5/c1-3-7-12(8-4-1)19-15-14-16(18-11-17-15)21-10-6-2-5-9-13(21)20-14/h11-12H,1-10H2,(H,17,18,19). The molecule has 4 rings (SSSR count). The van der Waals surface area contributed by atoms with Crippen molar-refractivity contribution in [2.75, 3.05) is 5.32 Å². The minimum absolute atomic E-state index is 0.554. The highest BCUT2D eigenvalue weighted by atomic mass is 15.2. The number of imidazole rings is 1. The molecule has 2 aromatic rings. The highest BCUT2D eigenvalue weighted by molar-refractivity contribution is 5.83. The van der Waals surface area contributed by atoms with Crippen molar-refractivity contribution < 1.29 is 0 Å². The number of nitrogens with one attached hydrogen (secondary N) is 1. The van der Waals surface area contributed by atoms with Gasteiger partial charge in [0, 0.05) is 19.0 Å². The SMILES string of the molecule is c1nc(NC2CCCCC2)c2nc3n(c2n1)CCCCC3. The number of rotatable bonds is 2. The van der Waals surface area contributed by atoms with Gasteiger partial charge in [-0.1, -0.05) is 25.7 Å². The third-order valence-electron chi connectivity index (χ3n) is 4.84. The molecule has 1 aliphatic carbocycles. The zero-order valence-corrected chi connectivity index (χ0v) is 12.5. The molecule has 0 bridgehead atoms. The predicted molar refractivity (Wildman–Crippen MR) is 83.4 cm³/mol. The van der Waals surface area contributed by atoms with Crippen molar-refractivity contribution in [3.8, 4) is 0 Å². The van der Waals surface area contributed by atoms with Gasteiger partial charge in [0.15, 0.2) is 17.0 Å². The number of hydrogen-bond donors (Lipinski definition) is 1. The first-order chi connectivity index (χ1) is 10.4. The van der Waals surface area contributed by atoms with Crippen LogP contribution in [0.2, 0.25) is 0 Å². The molecule has 0 aromatic carbocycles. The minimum Gasteiger partial charge on any atom is -0.365 e. The van der Waals surface area contributed by atoms with Crippen molar-refractivity contribution in [3.63, 3.8) is 0 Å².